The summed E-state index contributed by atoms with van der Waals surface area (Å²) in [5.74, 6) is -0.325. The van der Waals surface area contributed by atoms with Crippen LogP contribution in [-0.4, -0.2) is 25.1 Å². The quantitative estimate of drug-likeness (QED) is 0.779. The topological polar surface area (TPSA) is 42.4 Å². The Balaban J connectivity index is 2.15. The van der Waals surface area contributed by atoms with Gasteiger partial charge in [0.15, 0.2) is 5.13 Å². The fraction of sp³-hybridized carbons (Fsp3) is 0.333. The highest BCUT2D eigenvalue weighted by molar-refractivity contribution is 9.10. The van der Waals surface area contributed by atoms with Crippen molar-refractivity contribution in [1.82, 2.24) is 4.98 Å². The molecule has 0 amide bonds. The van der Waals surface area contributed by atoms with Crippen molar-refractivity contribution in [2.45, 2.75) is 13.5 Å². The molecule has 0 aliphatic heterocycles. The van der Waals surface area contributed by atoms with E-state index in [0.29, 0.717) is 10.6 Å². The van der Waals surface area contributed by atoms with Crippen molar-refractivity contribution < 1.29 is 9.53 Å². The number of halogens is 1. The maximum atomic E-state index is 11.6. The second kappa shape index (κ2) is 6.02. The van der Waals surface area contributed by atoms with Gasteiger partial charge in [0, 0.05) is 21.8 Å². The number of aromatic nitrogens is 1. The molecule has 7 heteroatoms. The van der Waals surface area contributed by atoms with Crippen LogP contribution >= 0.6 is 38.6 Å². The highest BCUT2D eigenvalue weighted by Crippen LogP contribution is 2.28. The minimum atomic E-state index is -0.325. The Hall–Kier alpha value is -0.920. The summed E-state index contributed by atoms with van der Waals surface area (Å²) >= 11 is 6.49. The van der Waals surface area contributed by atoms with Gasteiger partial charge in [-0.15, -0.1) is 11.3 Å². The molecule has 2 aromatic rings. The van der Waals surface area contributed by atoms with E-state index in [-0.39, 0.29) is 5.97 Å². The highest BCUT2D eigenvalue weighted by Gasteiger charge is 2.18. The van der Waals surface area contributed by atoms with E-state index < -0.39 is 0 Å². The van der Waals surface area contributed by atoms with Crippen LogP contribution in [0.2, 0.25) is 0 Å². The third kappa shape index (κ3) is 3.34. The van der Waals surface area contributed by atoms with Gasteiger partial charge in [0.2, 0.25) is 0 Å². The first-order chi connectivity index (χ1) is 9.01. The standard InChI is InChI=1S/C12H13BrN2O2S2/c1-7-10(11(16)17-3)19-12(14-7)15(2)5-9-4-8(13)6-18-9/h4,6H,5H2,1-3H3. The molecular weight excluding hydrogens is 348 g/mol. The van der Waals surface area contributed by atoms with Gasteiger partial charge in [0.25, 0.3) is 0 Å². The zero-order chi connectivity index (χ0) is 14.0. The zero-order valence-corrected chi connectivity index (χ0v) is 14.0. The largest absolute Gasteiger partial charge is 0.465 e. The molecule has 102 valence electrons. The van der Waals surface area contributed by atoms with Crippen molar-refractivity contribution in [3.8, 4) is 0 Å². The fourth-order valence-corrected chi connectivity index (χ4v) is 4.01. The molecule has 0 saturated carbocycles. The molecule has 0 bridgehead atoms. The van der Waals surface area contributed by atoms with E-state index >= 15 is 0 Å². The van der Waals surface area contributed by atoms with Gasteiger partial charge in [-0.05, 0) is 28.9 Å². The van der Waals surface area contributed by atoms with E-state index in [0.717, 1.165) is 16.1 Å². The van der Waals surface area contributed by atoms with Gasteiger partial charge in [-0.25, -0.2) is 9.78 Å². The van der Waals surface area contributed by atoms with E-state index in [2.05, 4.69) is 32.4 Å². The average molecular weight is 361 g/mol. The summed E-state index contributed by atoms with van der Waals surface area (Å²) in [6.07, 6.45) is 0. The molecule has 0 fully saturated rings. The molecule has 0 aliphatic rings. The Morgan fingerprint density at radius 1 is 1.58 bits per heavy atom. The number of carbonyl (C=O) groups is 1. The van der Waals surface area contributed by atoms with Gasteiger partial charge in [-0.1, -0.05) is 11.3 Å². The number of ether oxygens (including phenoxy) is 1. The number of carbonyl (C=O) groups excluding carboxylic acids is 1. The lowest BCUT2D eigenvalue weighted by Gasteiger charge is -2.13. The van der Waals surface area contributed by atoms with Crippen LogP contribution in [0, 0.1) is 6.92 Å². The van der Waals surface area contributed by atoms with Crippen LogP contribution in [-0.2, 0) is 11.3 Å². The Bertz CT molecular complexity index is 594. The van der Waals surface area contributed by atoms with Gasteiger partial charge < -0.3 is 9.64 Å². The predicted octanol–water partition coefficient (Wildman–Crippen LogP) is 3.70. The number of rotatable bonds is 4. The number of esters is 1. The number of nitrogens with zero attached hydrogens (tertiary/aromatic N) is 2. The fourth-order valence-electron chi connectivity index (χ4n) is 1.57. The van der Waals surface area contributed by atoms with Crippen molar-refractivity contribution in [3.63, 3.8) is 0 Å². The summed E-state index contributed by atoms with van der Waals surface area (Å²) < 4.78 is 5.83. The van der Waals surface area contributed by atoms with Crippen LogP contribution < -0.4 is 4.90 Å². The number of hydrogen-bond donors (Lipinski definition) is 0. The zero-order valence-electron chi connectivity index (χ0n) is 10.8. The molecular formula is C12H13BrN2O2S2. The van der Waals surface area contributed by atoms with Gasteiger partial charge in [0.05, 0.1) is 19.3 Å². The first-order valence-corrected chi connectivity index (χ1v) is 8.00. The van der Waals surface area contributed by atoms with Gasteiger partial charge in [0.1, 0.15) is 4.88 Å². The van der Waals surface area contributed by atoms with E-state index in [1.165, 1.54) is 23.3 Å². The van der Waals surface area contributed by atoms with Crippen molar-refractivity contribution in [2.24, 2.45) is 0 Å². The molecule has 0 aromatic carbocycles. The summed E-state index contributed by atoms with van der Waals surface area (Å²) in [6.45, 7) is 2.59. The molecule has 0 unspecified atom stereocenters. The third-order valence-electron chi connectivity index (χ3n) is 2.50. The van der Waals surface area contributed by atoms with Crippen molar-refractivity contribution >= 4 is 49.7 Å². The Kier molecular flexibility index (Phi) is 4.59. The molecule has 0 atom stereocenters. The van der Waals surface area contributed by atoms with E-state index in [4.69, 9.17) is 4.74 Å². The minimum Gasteiger partial charge on any atom is -0.465 e. The van der Waals surface area contributed by atoms with Crippen molar-refractivity contribution in [3.05, 3.63) is 31.4 Å². The van der Waals surface area contributed by atoms with Crippen LogP contribution in [0.5, 0.6) is 0 Å². The summed E-state index contributed by atoms with van der Waals surface area (Å²) in [4.78, 5) is 19.8. The second-order valence-electron chi connectivity index (χ2n) is 3.99. The summed E-state index contributed by atoms with van der Waals surface area (Å²) in [5.41, 5.74) is 0.714. The Morgan fingerprint density at radius 2 is 2.32 bits per heavy atom. The molecule has 4 nitrogen and oxygen atoms in total. The number of hydrogen-bond acceptors (Lipinski definition) is 6. The molecule has 0 N–H and O–H groups in total. The highest BCUT2D eigenvalue weighted by atomic mass is 79.9. The maximum absolute atomic E-state index is 11.6. The first-order valence-electron chi connectivity index (χ1n) is 5.51. The van der Waals surface area contributed by atoms with Gasteiger partial charge in [-0.3, -0.25) is 0 Å². The Labute approximate surface area is 128 Å². The lowest BCUT2D eigenvalue weighted by atomic mass is 10.4. The number of aryl methyl sites for hydroxylation is 1. The number of methoxy groups -OCH3 is 1. The second-order valence-corrected chi connectivity index (χ2v) is 6.88. The molecule has 0 saturated heterocycles. The van der Waals surface area contributed by atoms with E-state index in [1.54, 1.807) is 11.3 Å². The monoisotopic (exact) mass is 360 g/mol. The molecule has 0 spiro atoms. The maximum Gasteiger partial charge on any atom is 0.350 e. The molecule has 2 heterocycles. The molecule has 2 rings (SSSR count). The number of anilines is 1. The molecule has 19 heavy (non-hydrogen) atoms. The third-order valence-corrected chi connectivity index (χ3v) is 5.43. The predicted molar refractivity (Wildman–Crippen MR) is 82.3 cm³/mol. The summed E-state index contributed by atoms with van der Waals surface area (Å²) in [7, 11) is 3.35. The number of thiophene rings is 1. The molecule has 2 aromatic heterocycles. The summed E-state index contributed by atoms with van der Waals surface area (Å²) in [5, 5.41) is 2.87. The van der Waals surface area contributed by atoms with Crippen molar-refractivity contribution in [2.75, 3.05) is 19.1 Å². The SMILES string of the molecule is COC(=O)c1sc(N(C)Cc2cc(Br)cs2)nc1C. The van der Waals surface area contributed by atoms with Gasteiger partial charge >= 0.3 is 5.97 Å². The van der Waals surface area contributed by atoms with Crippen LogP contribution in [0.15, 0.2) is 15.9 Å². The lowest BCUT2D eigenvalue weighted by Crippen LogP contribution is -2.15. The van der Waals surface area contributed by atoms with Gasteiger partial charge in [-0.2, -0.15) is 0 Å². The Morgan fingerprint density at radius 3 is 2.89 bits per heavy atom. The van der Waals surface area contributed by atoms with Crippen LogP contribution in [0.1, 0.15) is 20.2 Å². The lowest BCUT2D eigenvalue weighted by molar-refractivity contribution is 0.0605. The van der Waals surface area contributed by atoms with E-state index in [1.807, 2.05) is 18.9 Å². The van der Waals surface area contributed by atoms with Crippen molar-refractivity contribution in [1.29, 1.82) is 0 Å². The molecule has 0 radical (unpaired) electrons. The first kappa shape index (κ1) is 14.5. The number of thiazole rings is 1. The summed E-state index contributed by atoms with van der Waals surface area (Å²) in [6, 6.07) is 2.09. The average Bonchev–Trinajstić information content (AvgIpc) is 2.95. The van der Waals surface area contributed by atoms with Crippen LogP contribution in [0.25, 0.3) is 0 Å². The smallest absolute Gasteiger partial charge is 0.350 e. The molecule has 0 aliphatic carbocycles. The van der Waals surface area contributed by atoms with E-state index in [9.17, 15) is 4.79 Å². The van der Waals surface area contributed by atoms with Crippen LogP contribution in [0.3, 0.4) is 0 Å². The normalized spacial score (nSPS) is 10.5. The van der Waals surface area contributed by atoms with Crippen LogP contribution in [0.4, 0.5) is 5.13 Å². The minimum absolute atomic E-state index is 0.325.